The Morgan fingerprint density at radius 2 is 1.72 bits per heavy atom. The van der Waals surface area contributed by atoms with Gasteiger partial charge in [-0.1, -0.05) is 56.3 Å². The van der Waals surface area contributed by atoms with Gasteiger partial charge in [0.1, 0.15) is 31.0 Å². The Morgan fingerprint density at radius 1 is 0.943 bits per heavy atom. The van der Waals surface area contributed by atoms with Crippen LogP contribution in [-0.4, -0.2) is 68.1 Å². The third kappa shape index (κ3) is 10.7. The van der Waals surface area contributed by atoms with Crippen LogP contribution in [0.3, 0.4) is 0 Å². The molecule has 53 heavy (non-hydrogen) atoms. The summed E-state index contributed by atoms with van der Waals surface area (Å²) in [5.41, 5.74) is 2.02. The number of carbonyl (C=O) groups is 4. The molecule has 3 aliphatic rings. The van der Waals surface area contributed by atoms with E-state index in [9.17, 15) is 19.2 Å². The van der Waals surface area contributed by atoms with Crippen LogP contribution in [0.5, 0.6) is 5.75 Å². The number of amides is 4. The highest BCUT2D eigenvalue weighted by molar-refractivity contribution is 5.98. The molecule has 2 aromatic carbocycles. The molecule has 2 bridgehead atoms. The van der Waals surface area contributed by atoms with Crippen molar-refractivity contribution in [2.45, 2.75) is 90.0 Å². The Hall–Kier alpha value is -5.59. The number of carbonyl (C=O) groups excluding carboxylic acids is 4. The molecule has 2 aromatic heterocycles. The van der Waals surface area contributed by atoms with E-state index in [1.54, 1.807) is 42.1 Å². The van der Waals surface area contributed by atoms with Crippen molar-refractivity contribution >= 4 is 23.6 Å². The molecule has 4 atom stereocenters. The first-order valence-electron chi connectivity index (χ1n) is 18.4. The van der Waals surface area contributed by atoms with Crippen LogP contribution in [-0.2, 0) is 40.2 Å². The maximum absolute atomic E-state index is 13.9. The van der Waals surface area contributed by atoms with Crippen molar-refractivity contribution in [1.82, 2.24) is 41.0 Å². The molecule has 2 aliphatic heterocycles. The fourth-order valence-corrected chi connectivity index (χ4v) is 6.43. The third-order valence-electron chi connectivity index (χ3n) is 9.35. The number of rotatable bonds is 8. The first kappa shape index (κ1) is 37.2. The highest BCUT2D eigenvalue weighted by atomic mass is 16.5. The number of hydrogen-bond donors (Lipinski definition) is 4. The number of benzene rings is 2. The van der Waals surface area contributed by atoms with Crippen molar-refractivity contribution in [3.63, 3.8) is 0 Å². The van der Waals surface area contributed by atoms with Gasteiger partial charge in [-0.05, 0) is 79.8 Å². The lowest BCUT2D eigenvalue weighted by molar-refractivity contribution is -0.130. The summed E-state index contributed by atoms with van der Waals surface area (Å²) in [4.78, 5) is 63.6. The van der Waals surface area contributed by atoms with Crippen molar-refractivity contribution < 1.29 is 23.9 Å². The van der Waals surface area contributed by atoms with E-state index >= 15 is 0 Å². The maximum atomic E-state index is 13.9. The van der Waals surface area contributed by atoms with Gasteiger partial charge in [-0.3, -0.25) is 24.2 Å². The molecule has 0 unspecified atom stereocenters. The second-order valence-electron chi connectivity index (χ2n) is 14.5. The molecule has 0 saturated heterocycles. The summed E-state index contributed by atoms with van der Waals surface area (Å²) in [6.07, 6.45) is 7.12. The molecule has 0 radical (unpaired) electrons. The Morgan fingerprint density at radius 3 is 2.42 bits per heavy atom. The minimum Gasteiger partial charge on any atom is -0.491 e. The van der Waals surface area contributed by atoms with E-state index in [1.807, 2.05) is 42.5 Å². The minimum absolute atomic E-state index is 0.0952. The summed E-state index contributed by atoms with van der Waals surface area (Å²) in [6.45, 7) is 5.93. The van der Waals surface area contributed by atoms with E-state index < -0.39 is 35.8 Å². The number of pyridine rings is 1. The molecule has 4 amide bonds. The number of nitrogens with one attached hydrogen (secondary N) is 4. The van der Waals surface area contributed by atoms with E-state index in [0.29, 0.717) is 54.1 Å². The molecule has 13 nitrogen and oxygen atoms in total. The smallest absolute Gasteiger partial charge is 0.253 e. The molecule has 278 valence electrons. The highest BCUT2D eigenvalue weighted by Crippen LogP contribution is 2.32. The fourth-order valence-electron chi connectivity index (χ4n) is 6.43. The van der Waals surface area contributed by atoms with Crippen LogP contribution in [0.1, 0.15) is 79.2 Å². The normalized spacial score (nSPS) is 21.5. The zero-order valence-corrected chi connectivity index (χ0v) is 30.5. The summed E-state index contributed by atoms with van der Waals surface area (Å²) in [6, 6.07) is 17.3. The average molecular weight is 721 g/mol. The lowest BCUT2D eigenvalue weighted by Crippen LogP contribution is -2.54. The highest BCUT2D eigenvalue weighted by Gasteiger charge is 2.31. The number of fused-ring (bicyclic) bond motifs is 14. The number of nitrogens with zero attached hydrogens (tertiary/aromatic N) is 4. The molecule has 4 aromatic rings. The van der Waals surface area contributed by atoms with Crippen molar-refractivity contribution in [3.8, 4) is 5.75 Å². The maximum Gasteiger partial charge on any atom is 0.253 e. The molecule has 4 heterocycles. The molecule has 1 fully saturated rings. The van der Waals surface area contributed by atoms with E-state index in [4.69, 9.17) is 14.8 Å². The number of hydrogen-bond acceptors (Lipinski definition) is 8. The summed E-state index contributed by atoms with van der Waals surface area (Å²) >= 11 is 0. The van der Waals surface area contributed by atoms with Crippen molar-refractivity contribution in [2.75, 3.05) is 6.61 Å². The standard InChI is InChI=1S/C40H48N8O5/c1-25(2)18-31-24-53-32-15-13-28(14-16-32)20-34(45-39(51)30-10-7-17-41-22-30)40(52)42-26(3)38(50)44-33(19-27-8-5-4-6-9-27)37-46-35(21-29-11-12-29)47-48(37)23-36(49)43-31/h4-10,13-17,22,25-26,29,31,33-34H,11-12,18-21,23-24H2,1-3H3,(H,42,52)(H,43,49)(H,44,50)(H,45,51)/t26-,31+,33-,34+/m1/s1. The summed E-state index contributed by atoms with van der Waals surface area (Å²) in [5.74, 6) is 0.796. The van der Waals surface area contributed by atoms with Gasteiger partial charge in [0.05, 0.1) is 17.6 Å². The van der Waals surface area contributed by atoms with Crippen LogP contribution in [0.4, 0.5) is 0 Å². The largest absolute Gasteiger partial charge is 0.491 e. The van der Waals surface area contributed by atoms with Crippen LogP contribution in [0.15, 0.2) is 79.1 Å². The van der Waals surface area contributed by atoms with Crippen molar-refractivity contribution in [2.24, 2.45) is 11.8 Å². The Bertz CT molecular complexity index is 1860. The van der Waals surface area contributed by atoms with Crippen LogP contribution in [0, 0.1) is 11.8 Å². The Balaban J connectivity index is 1.33. The quantitative estimate of drug-likeness (QED) is 0.215. The SMILES string of the molecule is CC(C)C[C@H]1COc2ccc(cc2)C[C@H](NC(=O)c2cccnc2)C(=O)N[C@H](C)C(=O)N[C@H](Cc2ccccc2)c2nc(CC3CC3)nn2CC(=O)N1. The van der Waals surface area contributed by atoms with Gasteiger partial charge in [0, 0.05) is 25.2 Å². The van der Waals surface area contributed by atoms with E-state index in [0.717, 1.165) is 24.0 Å². The van der Waals surface area contributed by atoms with Gasteiger partial charge < -0.3 is 26.0 Å². The predicted octanol–water partition coefficient (Wildman–Crippen LogP) is 3.49. The van der Waals surface area contributed by atoms with Gasteiger partial charge in [-0.25, -0.2) is 9.67 Å². The zero-order valence-electron chi connectivity index (χ0n) is 30.5. The van der Waals surface area contributed by atoms with E-state index in [-0.39, 0.29) is 31.5 Å². The second kappa shape index (κ2) is 17.3. The van der Waals surface area contributed by atoms with Gasteiger partial charge in [-0.15, -0.1) is 0 Å². The summed E-state index contributed by atoms with van der Waals surface area (Å²) in [5, 5.41) is 16.7. The minimum atomic E-state index is -1.01. The Kier molecular flexibility index (Phi) is 12.1. The first-order valence-corrected chi connectivity index (χ1v) is 18.4. The summed E-state index contributed by atoms with van der Waals surface area (Å²) in [7, 11) is 0. The molecule has 1 aliphatic carbocycles. The topological polar surface area (TPSA) is 169 Å². The van der Waals surface area contributed by atoms with Crippen LogP contribution >= 0.6 is 0 Å². The fraction of sp³-hybridized carbons (Fsp3) is 0.425. The van der Waals surface area contributed by atoms with E-state index in [2.05, 4.69) is 40.1 Å². The molecule has 13 heteroatoms. The lowest BCUT2D eigenvalue weighted by Gasteiger charge is -2.25. The first-order chi connectivity index (χ1) is 25.6. The van der Waals surface area contributed by atoms with Gasteiger partial charge >= 0.3 is 0 Å². The number of ether oxygens (including phenoxy) is 1. The molecule has 1 saturated carbocycles. The monoisotopic (exact) mass is 720 g/mol. The lowest BCUT2D eigenvalue weighted by atomic mass is 10.0. The molecule has 7 rings (SSSR count). The second-order valence-corrected chi connectivity index (χ2v) is 14.5. The molecule has 0 spiro atoms. The van der Waals surface area contributed by atoms with E-state index in [1.165, 1.54) is 6.20 Å². The summed E-state index contributed by atoms with van der Waals surface area (Å²) < 4.78 is 7.75. The van der Waals surface area contributed by atoms with Gasteiger partial charge in [0.15, 0.2) is 11.6 Å². The third-order valence-corrected chi connectivity index (χ3v) is 9.35. The molecular formula is C40H48N8O5. The van der Waals surface area contributed by atoms with Crippen LogP contribution < -0.4 is 26.0 Å². The Labute approximate surface area is 309 Å². The molecular weight excluding hydrogens is 672 g/mol. The van der Waals surface area contributed by atoms with Crippen LogP contribution in [0.25, 0.3) is 0 Å². The van der Waals surface area contributed by atoms with Gasteiger partial charge in [0.25, 0.3) is 5.91 Å². The average Bonchev–Trinajstić information content (AvgIpc) is 3.88. The van der Waals surface area contributed by atoms with Crippen molar-refractivity contribution in [1.29, 1.82) is 0 Å². The van der Waals surface area contributed by atoms with Gasteiger partial charge in [-0.2, -0.15) is 5.10 Å². The van der Waals surface area contributed by atoms with Crippen molar-refractivity contribution in [3.05, 3.63) is 107 Å². The van der Waals surface area contributed by atoms with Gasteiger partial charge in [0.2, 0.25) is 17.7 Å². The van der Waals surface area contributed by atoms with Crippen LogP contribution in [0.2, 0.25) is 0 Å². The number of aromatic nitrogens is 4. The zero-order chi connectivity index (χ0) is 37.3. The predicted molar refractivity (Wildman–Crippen MR) is 198 cm³/mol. The molecule has 4 N–H and O–H groups in total.